The summed E-state index contributed by atoms with van der Waals surface area (Å²) in [6.45, 7) is -0.112. The Kier molecular flexibility index (Phi) is 10.2. The fraction of sp³-hybridized carbons (Fsp3) is 0.0938. The van der Waals surface area contributed by atoms with Crippen LogP contribution >= 0.6 is 38.6 Å². The number of aryl methyl sites for hydroxylation is 1. The van der Waals surface area contributed by atoms with Crippen LogP contribution in [0.2, 0.25) is 0 Å². The van der Waals surface area contributed by atoms with E-state index in [1.807, 2.05) is 23.9 Å². The van der Waals surface area contributed by atoms with Gasteiger partial charge in [-0.2, -0.15) is 0 Å². The van der Waals surface area contributed by atoms with E-state index in [0.717, 1.165) is 40.1 Å². The molecule has 5 heterocycles. The minimum Gasteiger partial charge on any atom is -0.483 e. The zero-order chi connectivity index (χ0) is 36.4. The number of amides is 2. The van der Waals surface area contributed by atoms with Crippen molar-refractivity contribution < 1.29 is 36.6 Å². The summed E-state index contributed by atoms with van der Waals surface area (Å²) in [6.07, 6.45) is 6.87. The van der Waals surface area contributed by atoms with Crippen LogP contribution in [0.25, 0.3) is 32.1 Å². The lowest BCUT2D eigenvalue weighted by Gasteiger charge is -2.08. The maximum absolute atomic E-state index is 14.2. The third-order valence-corrected chi connectivity index (χ3v) is 9.28. The quantitative estimate of drug-likeness (QED) is 0.155. The van der Waals surface area contributed by atoms with Gasteiger partial charge in [-0.05, 0) is 52.3 Å². The lowest BCUT2D eigenvalue weighted by Crippen LogP contribution is -2.16. The average Bonchev–Trinajstić information content (AvgIpc) is 3.81. The Morgan fingerprint density at radius 3 is 1.78 bits per heavy atom. The van der Waals surface area contributed by atoms with Gasteiger partial charge in [0, 0.05) is 41.9 Å². The van der Waals surface area contributed by atoms with Crippen LogP contribution in [0.1, 0.15) is 30.7 Å². The third kappa shape index (κ3) is 7.64. The minimum atomic E-state index is -1.20. The first-order chi connectivity index (χ1) is 24.4. The summed E-state index contributed by atoms with van der Waals surface area (Å²) < 4.78 is 68.5. The smallest absolute Gasteiger partial charge is 0.254 e. The molecule has 0 aliphatic heterocycles. The average molecular weight is 802 g/mol. The summed E-state index contributed by atoms with van der Waals surface area (Å²) in [6, 6.07) is 7.70. The molecule has 0 fully saturated rings. The summed E-state index contributed by atoms with van der Waals surface area (Å²) >= 11 is 5.87. The number of carbonyl (C=O) groups is 2. The van der Waals surface area contributed by atoms with Crippen molar-refractivity contribution in [3.8, 4) is 22.9 Å². The van der Waals surface area contributed by atoms with Gasteiger partial charge >= 0.3 is 0 Å². The number of imidazole rings is 1. The topological polar surface area (TPSA) is 174 Å². The lowest BCUT2D eigenvalue weighted by molar-refractivity contribution is 0.0982. The fourth-order valence-electron chi connectivity index (χ4n) is 4.62. The predicted molar refractivity (Wildman–Crippen MR) is 183 cm³/mol. The van der Waals surface area contributed by atoms with Crippen molar-refractivity contribution in [1.82, 2.24) is 29.5 Å². The molecule has 0 radical (unpaired) electrons. The van der Waals surface area contributed by atoms with Crippen LogP contribution in [0.5, 0.6) is 11.5 Å². The molecule has 4 N–H and O–H groups in total. The maximum Gasteiger partial charge on any atom is 0.254 e. The molecule has 0 aliphatic rings. The highest BCUT2D eigenvalue weighted by molar-refractivity contribution is 9.10. The van der Waals surface area contributed by atoms with Crippen molar-refractivity contribution in [2.45, 2.75) is 13.2 Å². The first kappa shape index (κ1) is 35.3. The van der Waals surface area contributed by atoms with E-state index in [4.69, 9.17) is 20.9 Å². The van der Waals surface area contributed by atoms with Gasteiger partial charge in [0.05, 0.1) is 0 Å². The number of aromatic nitrogens is 6. The summed E-state index contributed by atoms with van der Waals surface area (Å²) in [5.74, 6) is -6.52. The summed E-state index contributed by atoms with van der Waals surface area (Å²) in [7, 11) is 1.88. The maximum atomic E-state index is 14.2. The number of pyridine rings is 2. The van der Waals surface area contributed by atoms with E-state index in [-0.39, 0.29) is 24.7 Å². The second-order valence-corrected chi connectivity index (χ2v) is 13.4. The van der Waals surface area contributed by atoms with Gasteiger partial charge in [0.15, 0.2) is 23.1 Å². The molecule has 0 aliphatic carbocycles. The van der Waals surface area contributed by atoms with Crippen molar-refractivity contribution in [2.24, 2.45) is 18.5 Å². The van der Waals surface area contributed by atoms with Crippen LogP contribution in [0.3, 0.4) is 0 Å². The largest absolute Gasteiger partial charge is 0.483 e. The van der Waals surface area contributed by atoms with E-state index < -0.39 is 46.2 Å². The standard InChI is InChI=1S/C18H13F2N5O2S.C14H8BrF2N3O2S/c1-25-5-4-22-17(25)9-6-11-18(23-7-9)28-13(24-11)8-27-12-3-2-10(19)14(15(12)20)16(21)26;15-6-3-8-14(19-4-6)23-10(20-8)5-22-9-2-1-7(16)11(12(9)17)13(18)21/h2-7H,8H2,1H3,(H2,21,26);1-4H,5H2,(H2,18,21). The first-order valence-electron chi connectivity index (χ1n) is 14.3. The second kappa shape index (κ2) is 14.8. The fourth-order valence-corrected chi connectivity index (χ4v) is 6.54. The monoisotopic (exact) mass is 800 g/mol. The van der Waals surface area contributed by atoms with Crippen molar-refractivity contribution in [3.05, 3.63) is 110 Å². The molecule has 0 unspecified atom stereocenters. The van der Waals surface area contributed by atoms with Crippen molar-refractivity contribution in [3.63, 3.8) is 0 Å². The van der Waals surface area contributed by atoms with E-state index in [9.17, 15) is 27.2 Å². The summed E-state index contributed by atoms with van der Waals surface area (Å²) in [5, 5.41) is 1.11. The normalized spacial score (nSPS) is 11.0. The number of hydrogen-bond donors (Lipinski definition) is 2. The van der Waals surface area contributed by atoms with Crippen LogP contribution in [0, 0.1) is 23.3 Å². The highest BCUT2D eigenvalue weighted by Gasteiger charge is 2.21. The number of hydrogen-bond acceptors (Lipinski definition) is 11. The van der Waals surface area contributed by atoms with E-state index in [2.05, 4.69) is 40.8 Å². The first-order valence-corrected chi connectivity index (χ1v) is 16.8. The van der Waals surface area contributed by atoms with Gasteiger partial charge < -0.3 is 25.5 Å². The molecule has 51 heavy (non-hydrogen) atoms. The van der Waals surface area contributed by atoms with Gasteiger partial charge in [0.2, 0.25) is 0 Å². The molecule has 0 saturated carbocycles. The van der Waals surface area contributed by atoms with Crippen LogP contribution in [0.15, 0.2) is 65.7 Å². The number of rotatable bonds is 9. The zero-order valence-corrected chi connectivity index (χ0v) is 29.1. The summed E-state index contributed by atoms with van der Waals surface area (Å²) in [4.78, 5) is 45.3. The number of benzene rings is 2. The SMILES string of the molecule is Cn1ccnc1-c1cnc2sc(COc3ccc(F)c(C(N)=O)c3F)nc2c1.NC(=O)c1c(F)ccc(OCc2nc3cc(Br)cnc3s2)c1F. The molecule has 0 bridgehead atoms. The Morgan fingerprint density at radius 2 is 1.29 bits per heavy atom. The van der Waals surface area contributed by atoms with Gasteiger partial charge in [0.1, 0.15) is 72.5 Å². The van der Waals surface area contributed by atoms with Crippen molar-refractivity contribution >= 4 is 71.1 Å². The number of fused-ring (bicyclic) bond motifs is 2. The van der Waals surface area contributed by atoms with Crippen LogP contribution in [-0.2, 0) is 20.3 Å². The van der Waals surface area contributed by atoms with E-state index >= 15 is 0 Å². The predicted octanol–water partition coefficient (Wildman–Crippen LogP) is 6.46. The zero-order valence-electron chi connectivity index (χ0n) is 25.9. The van der Waals surface area contributed by atoms with Gasteiger partial charge in [-0.3, -0.25) is 9.59 Å². The molecule has 19 heteroatoms. The molecule has 260 valence electrons. The Morgan fingerprint density at radius 1 is 0.784 bits per heavy atom. The number of halogens is 5. The van der Waals surface area contributed by atoms with Gasteiger partial charge in [-0.15, -0.1) is 0 Å². The number of thiazole rings is 2. The molecule has 7 rings (SSSR count). The number of primary amides is 2. The highest BCUT2D eigenvalue weighted by Crippen LogP contribution is 2.29. The van der Waals surface area contributed by atoms with Crippen LogP contribution in [-0.4, -0.2) is 41.3 Å². The Hall–Kier alpha value is -5.53. The Balaban J connectivity index is 0.000000179. The molecule has 5 aromatic heterocycles. The van der Waals surface area contributed by atoms with Crippen molar-refractivity contribution in [1.29, 1.82) is 0 Å². The van der Waals surface area contributed by atoms with Crippen LogP contribution in [0.4, 0.5) is 17.6 Å². The van der Waals surface area contributed by atoms with Gasteiger partial charge in [-0.25, -0.2) is 42.5 Å². The number of ether oxygens (including phenoxy) is 2. The summed E-state index contributed by atoms with van der Waals surface area (Å²) in [5.41, 5.74) is 10.5. The van der Waals surface area contributed by atoms with Gasteiger partial charge in [-0.1, -0.05) is 22.7 Å². The molecule has 0 atom stereocenters. The Labute approximate surface area is 300 Å². The van der Waals surface area contributed by atoms with Crippen molar-refractivity contribution in [2.75, 3.05) is 0 Å². The molecule has 2 amide bonds. The Bertz CT molecular complexity index is 2460. The van der Waals surface area contributed by atoms with E-state index in [1.165, 1.54) is 22.7 Å². The van der Waals surface area contributed by atoms with E-state index in [1.54, 1.807) is 24.7 Å². The molecular weight excluding hydrogens is 780 g/mol. The molecule has 2 aromatic carbocycles. The molecule has 12 nitrogen and oxygen atoms in total. The molecular formula is C32H21BrF4N8O4S2. The molecule has 0 spiro atoms. The number of nitrogens with zero attached hydrogens (tertiary/aromatic N) is 6. The van der Waals surface area contributed by atoms with E-state index in [0.29, 0.717) is 30.7 Å². The number of carbonyl (C=O) groups excluding carboxylic acids is 2. The number of nitrogens with two attached hydrogens (primary N) is 2. The lowest BCUT2D eigenvalue weighted by atomic mass is 10.2. The second-order valence-electron chi connectivity index (χ2n) is 10.4. The third-order valence-electron chi connectivity index (χ3n) is 6.94. The highest BCUT2D eigenvalue weighted by atomic mass is 79.9. The van der Waals surface area contributed by atoms with Gasteiger partial charge in [0.25, 0.3) is 11.8 Å². The molecule has 7 aromatic rings. The van der Waals surface area contributed by atoms with Crippen LogP contribution < -0.4 is 20.9 Å². The minimum absolute atomic E-state index is 0.0423. The molecule has 0 saturated heterocycles.